The fraction of sp³-hybridized carbons (Fsp3) is 0.152. The molecule has 0 aliphatic heterocycles. The number of pyridine rings is 1. The summed E-state index contributed by atoms with van der Waals surface area (Å²) in [4.78, 5) is 33.6. The summed E-state index contributed by atoms with van der Waals surface area (Å²) in [7, 11) is 0. The van der Waals surface area contributed by atoms with Gasteiger partial charge in [-0.15, -0.1) is 0 Å². The molecule has 0 radical (unpaired) electrons. The van der Waals surface area contributed by atoms with E-state index in [1.54, 1.807) is 37.3 Å². The number of carbonyl (C=O) groups is 2. The smallest absolute Gasteiger partial charge is 0.314 e. The van der Waals surface area contributed by atoms with Crippen molar-refractivity contribution < 1.29 is 28.6 Å². The summed E-state index contributed by atoms with van der Waals surface area (Å²) in [6.45, 7) is 2.42. The molecule has 2 aromatic heterocycles. The van der Waals surface area contributed by atoms with Crippen LogP contribution in [0, 0.1) is 12.8 Å². The Hall–Kier alpha value is -5.24. The summed E-state index contributed by atoms with van der Waals surface area (Å²) in [5.74, 6) is -1.84. The van der Waals surface area contributed by atoms with Crippen LogP contribution >= 0.6 is 0 Å². The lowest BCUT2D eigenvalue weighted by Gasteiger charge is -2.14. The third kappa shape index (κ3) is 6.86. The largest absolute Gasteiger partial charge is 0.485 e. The molecule has 2 heterocycles. The van der Waals surface area contributed by atoms with Gasteiger partial charge in [0, 0.05) is 18.2 Å². The lowest BCUT2D eigenvalue weighted by atomic mass is 9.94. The summed E-state index contributed by atoms with van der Waals surface area (Å²) in [5, 5.41) is 9.80. The SMILES string of the molecule is Cc1cccnc1C(=O)C(Cc1coc(-c2ccc(OCc3ccccc3)c(OCc3ccccc3)c2)n1)C(=O)O. The van der Waals surface area contributed by atoms with Gasteiger partial charge in [-0.2, -0.15) is 0 Å². The van der Waals surface area contributed by atoms with E-state index in [0.29, 0.717) is 41.5 Å². The lowest BCUT2D eigenvalue weighted by Crippen LogP contribution is -2.27. The molecule has 0 bridgehead atoms. The maximum Gasteiger partial charge on any atom is 0.314 e. The fourth-order valence-electron chi connectivity index (χ4n) is 4.29. The molecule has 0 fully saturated rings. The second-order valence-electron chi connectivity index (χ2n) is 9.48. The molecule has 3 aromatic carbocycles. The number of aliphatic carboxylic acids is 1. The Morgan fingerprint density at radius 2 is 1.51 bits per heavy atom. The summed E-state index contributed by atoms with van der Waals surface area (Å²) in [6.07, 6.45) is 2.70. The van der Waals surface area contributed by atoms with Crippen molar-refractivity contribution in [2.45, 2.75) is 26.6 Å². The third-order valence-electron chi connectivity index (χ3n) is 6.49. The molecule has 5 rings (SSSR count). The molecule has 1 atom stereocenters. The summed E-state index contributed by atoms with van der Waals surface area (Å²) < 4.78 is 17.9. The number of ether oxygens (including phenoxy) is 2. The van der Waals surface area contributed by atoms with Gasteiger partial charge in [0.25, 0.3) is 0 Å². The van der Waals surface area contributed by atoms with E-state index in [9.17, 15) is 14.7 Å². The highest BCUT2D eigenvalue weighted by atomic mass is 16.5. The minimum atomic E-state index is -1.35. The number of nitrogens with zero attached hydrogens (tertiary/aromatic N) is 2. The van der Waals surface area contributed by atoms with E-state index < -0.39 is 17.7 Å². The molecule has 206 valence electrons. The molecule has 5 aromatic rings. The topological polar surface area (TPSA) is 112 Å². The molecule has 41 heavy (non-hydrogen) atoms. The van der Waals surface area contributed by atoms with Crippen LogP contribution in [0.4, 0.5) is 0 Å². The number of carbonyl (C=O) groups excluding carboxylic acids is 1. The highest BCUT2D eigenvalue weighted by Gasteiger charge is 2.30. The number of ketones is 1. The van der Waals surface area contributed by atoms with Gasteiger partial charge in [0.05, 0.1) is 5.69 Å². The molecule has 0 aliphatic carbocycles. The molecule has 0 aliphatic rings. The first-order chi connectivity index (χ1) is 20.0. The van der Waals surface area contributed by atoms with Gasteiger partial charge in [-0.1, -0.05) is 66.7 Å². The molecule has 8 nitrogen and oxygen atoms in total. The number of rotatable bonds is 12. The number of aryl methyl sites for hydroxylation is 1. The standard InChI is InChI=1S/C33H28N2O6/c1-22-9-8-16-34-30(22)31(36)27(33(37)38)18-26-21-41-32(35-26)25-14-15-28(39-19-23-10-4-2-5-11-23)29(17-25)40-20-24-12-6-3-7-13-24/h2-17,21,27H,18-20H2,1H3,(H,37,38). The van der Waals surface area contributed by atoms with E-state index in [4.69, 9.17) is 13.9 Å². The van der Waals surface area contributed by atoms with Crippen molar-refractivity contribution in [3.05, 3.63) is 132 Å². The first-order valence-electron chi connectivity index (χ1n) is 13.1. The second kappa shape index (κ2) is 12.7. The number of aromatic nitrogens is 2. The summed E-state index contributed by atoms with van der Waals surface area (Å²) in [6, 6.07) is 28.4. The average Bonchev–Trinajstić information content (AvgIpc) is 3.47. The lowest BCUT2D eigenvalue weighted by molar-refractivity contribution is -0.139. The van der Waals surface area contributed by atoms with Crippen LogP contribution in [0.25, 0.3) is 11.5 Å². The Bertz CT molecular complexity index is 1630. The zero-order chi connectivity index (χ0) is 28.6. The molecule has 0 saturated heterocycles. The number of hydrogen-bond donors (Lipinski definition) is 1. The van der Waals surface area contributed by atoms with Crippen LogP contribution in [0.1, 0.15) is 32.9 Å². The molecule has 0 saturated carbocycles. The van der Waals surface area contributed by atoms with Gasteiger partial charge in [0.2, 0.25) is 5.89 Å². The number of Topliss-reactive ketones (excluding diaryl/α,β-unsaturated/α-hetero) is 1. The summed E-state index contributed by atoms with van der Waals surface area (Å²) >= 11 is 0. The van der Waals surface area contributed by atoms with Gasteiger partial charge >= 0.3 is 5.97 Å². The van der Waals surface area contributed by atoms with Gasteiger partial charge in [-0.25, -0.2) is 4.98 Å². The summed E-state index contributed by atoms with van der Waals surface area (Å²) in [5.41, 5.74) is 3.72. The quantitative estimate of drug-likeness (QED) is 0.142. The number of carboxylic acids is 1. The van der Waals surface area contributed by atoms with Crippen molar-refractivity contribution in [3.63, 3.8) is 0 Å². The van der Waals surface area contributed by atoms with Crippen LogP contribution in [0.3, 0.4) is 0 Å². The van der Waals surface area contributed by atoms with E-state index in [-0.39, 0.29) is 18.0 Å². The number of benzene rings is 3. The molecular formula is C33H28N2O6. The van der Waals surface area contributed by atoms with E-state index in [0.717, 1.165) is 11.1 Å². The van der Waals surface area contributed by atoms with Crippen LogP contribution in [0.5, 0.6) is 11.5 Å². The van der Waals surface area contributed by atoms with Crippen LogP contribution in [-0.4, -0.2) is 26.8 Å². The number of carboxylic acid groups (broad SMARTS) is 1. The molecule has 0 spiro atoms. The van der Waals surface area contributed by atoms with Crippen molar-refractivity contribution in [1.29, 1.82) is 0 Å². The highest BCUT2D eigenvalue weighted by Crippen LogP contribution is 2.34. The van der Waals surface area contributed by atoms with Gasteiger partial charge in [-0.3, -0.25) is 14.6 Å². The van der Waals surface area contributed by atoms with Crippen LogP contribution in [-0.2, 0) is 24.4 Å². The molecule has 1 unspecified atom stereocenters. The molecule has 8 heteroatoms. The average molecular weight is 549 g/mol. The van der Waals surface area contributed by atoms with Gasteiger partial charge in [0.15, 0.2) is 17.3 Å². The Morgan fingerprint density at radius 3 is 2.15 bits per heavy atom. The van der Waals surface area contributed by atoms with Crippen LogP contribution in [0.2, 0.25) is 0 Å². The number of oxazole rings is 1. The van der Waals surface area contributed by atoms with E-state index in [2.05, 4.69) is 9.97 Å². The molecular weight excluding hydrogens is 520 g/mol. The van der Waals surface area contributed by atoms with Crippen LogP contribution < -0.4 is 9.47 Å². The first-order valence-corrected chi connectivity index (χ1v) is 13.1. The Labute approximate surface area is 237 Å². The normalized spacial score (nSPS) is 11.5. The number of hydrogen-bond acceptors (Lipinski definition) is 7. The Kier molecular flexibility index (Phi) is 8.49. The van der Waals surface area contributed by atoms with Crippen molar-refractivity contribution in [2.75, 3.05) is 0 Å². The third-order valence-corrected chi connectivity index (χ3v) is 6.49. The Balaban J connectivity index is 1.37. The van der Waals surface area contributed by atoms with E-state index in [1.807, 2.05) is 60.7 Å². The van der Waals surface area contributed by atoms with Crippen molar-refractivity contribution in [3.8, 4) is 23.0 Å². The van der Waals surface area contributed by atoms with E-state index >= 15 is 0 Å². The predicted molar refractivity (Wildman–Crippen MR) is 152 cm³/mol. The monoisotopic (exact) mass is 548 g/mol. The Morgan fingerprint density at radius 1 is 0.854 bits per heavy atom. The predicted octanol–water partition coefficient (Wildman–Crippen LogP) is 6.33. The van der Waals surface area contributed by atoms with Gasteiger partial charge < -0.3 is 19.0 Å². The van der Waals surface area contributed by atoms with Crippen molar-refractivity contribution >= 4 is 11.8 Å². The highest BCUT2D eigenvalue weighted by molar-refractivity contribution is 6.07. The second-order valence-corrected chi connectivity index (χ2v) is 9.48. The molecule has 0 amide bonds. The maximum atomic E-state index is 13.0. The zero-order valence-corrected chi connectivity index (χ0v) is 22.4. The van der Waals surface area contributed by atoms with E-state index in [1.165, 1.54) is 12.5 Å². The van der Waals surface area contributed by atoms with Crippen molar-refractivity contribution in [2.24, 2.45) is 5.92 Å². The van der Waals surface area contributed by atoms with Gasteiger partial charge in [0.1, 0.15) is 31.1 Å². The van der Waals surface area contributed by atoms with Crippen molar-refractivity contribution in [1.82, 2.24) is 9.97 Å². The molecule has 1 N–H and O–H groups in total. The first kappa shape index (κ1) is 27.3. The van der Waals surface area contributed by atoms with Crippen LogP contribution in [0.15, 0.2) is 108 Å². The maximum absolute atomic E-state index is 13.0. The fourth-order valence-corrected chi connectivity index (χ4v) is 4.29. The van der Waals surface area contributed by atoms with Gasteiger partial charge in [-0.05, 0) is 47.9 Å². The minimum absolute atomic E-state index is 0.134. The zero-order valence-electron chi connectivity index (χ0n) is 22.4. The minimum Gasteiger partial charge on any atom is -0.485 e.